The number of amides is 1. The quantitative estimate of drug-likeness (QED) is 0.755. The van der Waals surface area contributed by atoms with Crippen LogP contribution in [0.5, 0.6) is 0 Å². The second kappa shape index (κ2) is 4.75. The van der Waals surface area contributed by atoms with Crippen LogP contribution in [0.15, 0.2) is 0 Å². The molecule has 2 aliphatic rings. The van der Waals surface area contributed by atoms with Gasteiger partial charge in [-0.05, 0) is 25.3 Å². The fourth-order valence-corrected chi connectivity index (χ4v) is 2.37. The zero-order chi connectivity index (χ0) is 13.3. The van der Waals surface area contributed by atoms with Crippen LogP contribution in [-0.2, 0) is 14.4 Å². The fourth-order valence-electron chi connectivity index (χ4n) is 2.37. The molecule has 0 aromatic carbocycles. The number of rotatable bonds is 1. The summed E-state index contributed by atoms with van der Waals surface area (Å²) in [6.45, 7) is 1.11. The Morgan fingerprint density at radius 2 is 2.11 bits per heavy atom. The molecule has 2 rings (SSSR count). The van der Waals surface area contributed by atoms with Gasteiger partial charge < -0.3 is 10.2 Å². The van der Waals surface area contributed by atoms with Crippen molar-refractivity contribution in [3.63, 3.8) is 0 Å². The summed E-state index contributed by atoms with van der Waals surface area (Å²) >= 11 is 0. The third-order valence-corrected chi connectivity index (χ3v) is 3.28. The van der Waals surface area contributed by atoms with Crippen LogP contribution in [0.4, 0.5) is 13.2 Å². The summed E-state index contributed by atoms with van der Waals surface area (Å²) in [5.41, 5.74) is 0. The van der Waals surface area contributed by atoms with Crippen LogP contribution < -0.4 is 5.32 Å². The van der Waals surface area contributed by atoms with Crippen LogP contribution in [0, 0.1) is 5.92 Å². The first-order valence-corrected chi connectivity index (χ1v) is 5.71. The van der Waals surface area contributed by atoms with Gasteiger partial charge in [0, 0.05) is 13.0 Å². The summed E-state index contributed by atoms with van der Waals surface area (Å²) in [7, 11) is 0. The molecule has 2 saturated heterocycles. The lowest BCUT2D eigenvalue weighted by Crippen LogP contribution is -2.57. The Balaban J connectivity index is 2.08. The lowest BCUT2D eigenvalue weighted by atomic mass is 9.85. The maximum atomic E-state index is 12.1. The highest BCUT2D eigenvalue weighted by atomic mass is 19.4. The van der Waals surface area contributed by atoms with Crippen LogP contribution in [0.3, 0.4) is 0 Å². The van der Waals surface area contributed by atoms with Crippen molar-refractivity contribution < 1.29 is 27.6 Å². The highest BCUT2D eigenvalue weighted by Gasteiger charge is 2.46. The van der Waals surface area contributed by atoms with Crippen molar-refractivity contribution in [3.05, 3.63) is 0 Å². The third kappa shape index (κ3) is 2.58. The van der Waals surface area contributed by atoms with Gasteiger partial charge >= 0.3 is 12.1 Å². The summed E-state index contributed by atoms with van der Waals surface area (Å²) in [6.07, 6.45) is -3.58. The number of carbonyl (C=O) groups is 2. The van der Waals surface area contributed by atoms with Crippen LogP contribution in [0.25, 0.3) is 0 Å². The van der Waals surface area contributed by atoms with Gasteiger partial charge in [0.05, 0.1) is 6.04 Å². The first kappa shape index (κ1) is 13.1. The predicted molar refractivity (Wildman–Crippen MR) is 53.0 cm³/mol. The van der Waals surface area contributed by atoms with Gasteiger partial charge in [-0.3, -0.25) is 4.79 Å². The Hall–Kier alpha value is -1.31. The van der Waals surface area contributed by atoms with E-state index >= 15 is 0 Å². The number of hydrogen-bond donors (Lipinski definition) is 1. The van der Waals surface area contributed by atoms with Crippen molar-refractivity contribution in [2.75, 3.05) is 13.1 Å². The maximum Gasteiger partial charge on any atom is 0.493 e. The third-order valence-electron chi connectivity index (χ3n) is 3.28. The van der Waals surface area contributed by atoms with Gasteiger partial charge in [-0.15, -0.1) is 0 Å². The Kier molecular flexibility index (Phi) is 3.47. The molecule has 0 spiro atoms. The predicted octanol–water partition coefficient (Wildman–Crippen LogP) is 0.607. The molecule has 1 N–H and O–H groups in total. The molecule has 0 aliphatic carbocycles. The first-order chi connectivity index (χ1) is 8.39. The van der Waals surface area contributed by atoms with Crippen molar-refractivity contribution in [1.29, 1.82) is 0 Å². The lowest BCUT2D eigenvalue weighted by Gasteiger charge is -2.41. The number of nitrogens with one attached hydrogen (secondary N) is 1. The number of hydroxylamine groups is 2. The summed E-state index contributed by atoms with van der Waals surface area (Å²) in [5.74, 6) is -2.83. The van der Waals surface area contributed by atoms with Gasteiger partial charge in [0.1, 0.15) is 0 Å². The molecular weight excluding hydrogens is 253 g/mol. The second-order valence-corrected chi connectivity index (χ2v) is 4.45. The smallest absolute Gasteiger partial charge is 0.329 e. The largest absolute Gasteiger partial charge is 0.493 e. The molecule has 0 radical (unpaired) electrons. The van der Waals surface area contributed by atoms with Gasteiger partial charge in [-0.2, -0.15) is 18.2 Å². The molecule has 2 atom stereocenters. The first-order valence-electron chi connectivity index (χ1n) is 5.71. The van der Waals surface area contributed by atoms with Crippen molar-refractivity contribution in [1.82, 2.24) is 10.4 Å². The minimum absolute atomic E-state index is 0.0879. The Morgan fingerprint density at radius 1 is 1.39 bits per heavy atom. The maximum absolute atomic E-state index is 12.1. The second-order valence-electron chi connectivity index (χ2n) is 4.45. The van der Waals surface area contributed by atoms with Crippen molar-refractivity contribution in [2.45, 2.75) is 31.5 Å². The van der Waals surface area contributed by atoms with E-state index in [9.17, 15) is 22.8 Å². The van der Waals surface area contributed by atoms with E-state index in [2.05, 4.69) is 10.2 Å². The monoisotopic (exact) mass is 266 g/mol. The lowest BCUT2D eigenvalue weighted by molar-refractivity contribution is -0.250. The van der Waals surface area contributed by atoms with Crippen LogP contribution in [-0.4, -0.2) is 42.2 Å². The van der Waals surface area contributed by atoms with E-state index < -0.39 is 24.1 Å². The number of piperidine rings is 2. The minimum atomic E-state index is -5.09. The Bertz CT molecular complexity index is 359. The summed E-state index contributed by atoms with van der Waals surface area (Å²) in [6, 6.07) is -0.494. The van der Waals surface area contributed by atoms with Gasteiger partial charge in [-0.25, -0.2) is 4.79 Å². The number of fused-ring (bicyclic) bond motifs is 1. The molecule has 18 heavy (non-hydrogen) atoms. The molecule has 0 saturated carbocycles. The molecule has 2 heterocycles. The molecule has 0 aromatic rings. The zero-order valence-corrected chi connectivity index (χ0v) is 9.50. The van der Waals surface area contributed by atoms with E-state index in [4.69, 9.17) is 0 Å². The molecule has 0 bridgehead atoms. The van der Waals surface area contributed by atoms with Crippen molar-refractivity contribution in [2.24, 2.45) is 5.92 Å². The van der Waals surface area contributed by atoms with E-state index in [1.807, 2.05) is 0 Å². The van der Waals surface area contributed by atoms with Crippen LogP contribution in [0.1, 0.15) is 19.3 Å². The molecule has 0 aromatic heterocycles. The number of alkyl halides is 3. The molecule has 2 fully saturated rings. The average molecular weight is 266 g/mol. The van der Waals surface area contributed by atoms with E-state index in [1.165, 1.54) is 0 Å². The number of hydrogen-bond acceptors (Lipinski definition) is 4. The normalized spacial score (nSPS) is 28.8. The number of halogens is 3. The molecule has 0 unspecified atom stereocenters. The van der Waals surface area contributed by atoms with Crippen molar-refractivity contribution >= 4 is 11.9 Å². The SMILES string of the molecule is O=C1CC[C@H]2CCNC[C@H]2N1OC(=O)C(F)(F)F. The van der Waals surface area contributed by atoms with E-state index in [0.29, 0.717) is 18.0 Å². The molecule has 2 aliphatic heterocycles. The summed E-state index contributed by atoms with van der Waals surface area (Å²) in [4.78, 5) is 26.6. The number of nitrogens with zero attached hydrogens (tertiary/aromatic N) is 1. The zero-order valence-electron chi connectivity index (χ0n) is 9.50. The van der Waals surface area contributed by atoms with Crippen LogP contribution in [0.2, 0.25) is 0 Å². The molecule has 1 amide bonds. The highest BCUT2D eigenvalue weighted by Crippen LogP contribution is 2.30. The van der Waals surface area contributed by atoms with E-state index in [1.54, 1.807) is 0 Å². The number of carbonyl (C=O) groups excluding carboxylic acids is 2. The topological polar surface area (TPSA) is 58.6 Å². The van der Waals surface area contributed by atoms with Gasteiger partial charge in [0.2, 0.25) is 0 Å². The Morgan fingerprint density at radius 3 is 2.78 bits per heavy atom. The minimum Gasteiger partial charge on any atom is -0.329 e. The van der Waals surface area contributed by atoms with Crippen molar-refractivity contribution in [3.8, 4) is 0 Å². The average Bonchev–Trinajstić information content (AvgIpc) is 2.31. The van der Waals surface area contributed by atoms with E-state index in [0.717, 1.165) is 13.0 Å². The fraction of sp³-hybridized carbons (Fsp3) is 0.800. The van der Waals surface area contributed by atoms with Gasteiger partial charge in [0.25, 0.3) is 5.91 Å². The molecule has 5 nitrogen and oxygen atoms in total. The van der Waals surface area contributed by atoms with Crippen LogP contribution >= 0.6 is 0 Å². The summed E-state index contributed by atoms with van der Waals surface area (Å²) in [5, 5.41) is 3.59. The standard InChI is InChI=1S/C10H13F3N2O3/c11-10(12,13)9(17)18-15-7-5-14-4-3-6(7)1-2-8(15)16/h6-7,14H,1-5H2/t6-,7+/m0/s1. The molecule has 8 heteroatoms. The molecule has 102 valence electrons. The Labute approximate surface area is 101 Å². The van der Waals surface area contributed by atoms with Gasteiger partial charge in [-0.1, -0.05) is 0 Å². The van der Waals surface area contributed by atoms with E-state index in [-0.39, 0.29) is 12.3 Å². The molecular formula is C10H13F3N2O3. The summed E-state index contributed by atoms with van der Waals surface area (Å²) < 4.78 is 36.4. The highest BCUT2D eigenvalue weighted by molar-refractivity contribution is 5.81. The van der Waals surface area contributed by atoms with Gasteiger partial charge in [0.15, 0.2) is 0 Å².